The Morgan fingerprint density at radius 2 is 2.00 bits per heavy atom. The number of carbonyl (C=O) groups excluding carboxylic acids is 1. The van der Waals surface area contributed by atoms with Gasteiger partial charge in [0.15, 0.2) is 0 Å². The Hall–Kier alpha value is -1.31. The molecule has 118 valence electrons. The van der Waals surface area contributed by atoms with Gasteiger partial charge in [0.1, 0.15) is 0 Å². The number of nitrogen functional groups attached to an aromatic ring is 1. The number of amides is 1. The zero-order valence-electron chi connectivity index (χ0n) is 12.1. The van der Waals surface area contributed by atoms with E-state index in [1.54, 1.807) is 6.92 Å². The highest BCUT2D eigenvalue weighted by Gasteiger charge is 2.18. The number of hydrogen-bond acceptors (Lipinski definition) is 4. The minimum absolute atomic E-state index is 0.0276. The Morgan fingerprint density at radius 3 is 2.62 bits per heavy atom. The van der Waals surface area contributed by atoms with Gasteiger partial charge in [-0.1, -0.05) is 18.5 Å². The number of sulfonamides is 1. The van der Waals surface area contributed by atoms with Crippen molar-refractivity contribution < 1.29 is 13.2 Å². The molecule has 8 heteroatoms. The summed E-state index contributed by atoms with van der Waals surface area (Å²) in [6.07, 6.45) is 0.919. The number of aryl methyl sites for hydroxylation is 1. The van der Waals surface area contributed by atoms with Crippen molar-refractivity contribution >= 4 is 33.2 Å². The molecule has 0 spiro atoms. The Bertz CT molecular complexity index is 617. The molecule has 0 bridgehead atoms. The lowest BCUT2D eigenvalue weighted by Crippen LogP contribution is -2.31. The number of benzene rings is 1. The summed E-state index contributed by atoms with van der Waals surface area (Å²) in [4.78, 5) is 11.5. The van der Waals surface area contributed by atoms with Crippen molar-refractivity contribution in [2.24, 2.45) is 0 Å². The van der Waals surface area contributed by atoms with Crippen molar-refractivity contribution in [2.75, 3.05) is 18.8 Å². The van der Waals surface area contributed by atoms with Gasteiger partial charge < -0.3 is 11.1 Å². The number of halogens is 1. The van der Waals surface area contributed by atoms with E-state index in [1.807, 2.05) is 6.92 Å². The van der Waals surface area contributed by atoms with Crippen molar-refractivity contribution in [1.29, 1.82) is 0 Å². The van der Waals surface area contributed by atoms with E-state index in [0.29, 0.717) is 17.1 Å². The molecule has 6 nitrogen and oxygen atoms in total. The van der Waals surface area contributed by atoms with Gasteiger partial charge in [0, 0.05) is 19.5 Å². The van der Waals surface area contributed by atoms with Crippen molar-refractivity contribution in [3.05, 3.63) is 22.7 Å². The first kappa shape index (κ1) is 17.7. The van der Waals surface area contributed by atoms with Crippen molar-refractivity contribution in [3.63, 3.8) is 0 Å². The molecule has 0 atom stereocenters. The maximum atomic E-state index is 12.2. The summed E-state index contributed by atoms with van der Waals surface area (Å²) < 4.78 is 26.7. The van der Waals surface area contributed by atoms with Gasteiger partial charge >= 0.3 is 0 Å². The molecule has 0 saturated carbocycles. The first-order valence-electron chi connectivity index (χ1n) is 6.60. The van der Waals surface area contributed by atoms with E-state index in [-0.39, 0.29) is 29.5 Å². The number of nitrogens with one attached hydrogen (secondary N) is 2. The van der Waals surface area contributed by atoms with Gasteiger partial charge in [0.2, 0.25) is 15.9 Å². The number of rotatable bonds is 7. The zero-order chi connectivity index (χ0) is 16.0. The van der Waals surface area contributed by atoms with Crippen molar-refractivity contribution in [1.82, 2.24) is 10.0 Å². The van der Waals surface area contributed by atoms with E-state index in [4.69, 9.17) is 17.3 Å². The van der Waals surface area contributed by atoms with Crippen LogP contribution < -0.4 is 15.8 Å². The maximum Gasteiger partial charge on any atom is 0.240 e. The van der Waals surface area contributed by atoms with E-state index in [2.05, 4.69) is 10.0 Å². The van der Waals surface area contributed by atoms with Crippen LogP contribution in [0.4, 0.5) is 5.69 Å². The van der Waals surface area contributed by atoms with Gasteiger partial charge in [0.25, 0.3) is 0 Å². The quantitative estimate of drug-likeness (QED) is 0.657. The van der Waals surface area contributed by atoms with Gasteiger partial charge in [0.05, 0.1) is 15.6 Å². The van der Waals surface area contributed by atoms with Crippen LogP contribution in [0.1, 0.15) is 25.3 Å². The molecule has 4 N–H and O–H groups in total. The molecule has 1 amide bonds. The molecule has 21 heavy (non-hydrogen) atoms. The summed E-state index contributed by atoms with van der Waals surface area (Å²) in [5, 5.41) is 2.99. The van der Waals surface area contributed by atoms with Gasteiger partial charge in [-0.3, -0.25) is 4.79 Å². The summed E-state index contributed by atoms with van der Waals surface area (Å²) >= 11 is 5.84. The standard InChI is InChI=1S/C13H20ClN3O3S/c1-3-5-16-13(18)4-6-17-21(19,20)12-8-11(15)10(14)7-9(12)2/h7-8,17H,3-6,15H2,1-2H3,(H,16,18). The molecule has 0 aliphatic rings. The van der Waals surface area contributed by atoms with Crippen LogP contribution in [0.15, 0.2) is 17.0 Å². The summed E-state index contributed by atoms with van der Waals surface area (Å²) in [6, 6.07) is 2.82. The maximum absolute atomic E-state index is 12.2. The Kier molecular flexibility index (Phi) is 6.44. The van der Waals surface area contributed by atoms with Crippen LogP contribution in [-0.4, -0.2) is 27.4 Å². The molecule has 1 aromatic carbocycles. The number of carbonyl (C=O) groups is 1. The minimum atomic E-state index is -3.72. The fourth-order valence-corrected chi connectivity index (χ4v) is 3.20. The molecule has 0 saturated heterocycles. The van der Waals surface area contributed by atoms with Crippen LogP contribution >= 0.6 is 11.6 Å². The molecule has 0 radical (unpaired) electrons. The number of anilines is 1. The summed E-state index contributed by atoms with van der Waals surface area (Å²) in [6.45, 7) is 4.18. The van der Waals surface area contributed by atoms with E-state index in [1.165, 1.54) is 12.1 Å². The average molecular weight is 334 g/mol. The average Bonchev–Trinajstić information content (AvgIpc) is 2.40. The Balaban J connectivity index is 2.70. The SMILES string of the molecule is CCCNC(=O)CCNS(=O)(=O)c1cc(N)c(Cl)cc1C. The minimum Gasteiger partial charge on any atom is -0.397 e. The lowest BCUT2D eigenvalue weighted by molar-refractivity contribution is -0.120. The topological polar surface area (TPSA) is 101 Å². The summed E-state index contributed by atoms with van der Waals surface area (Å²) in [5.41, 5.74) is 6.32. The van der Waals surface area contributed by atoms with E-state index in [9.17, 15) is 13.2 Å². The smallest absolute Gasteiger partial charge is 0.240 e. The van der Waals surface area contributed by atoms with Gasteiger partial charge in [-0.2, -0.15) is 0 Å². The molecule has 0 aromatic heterocycles. The van der Waals surface area contributed by atoms with Crippen LogP contribution in [0.3, 0.4) is 0 Å². The third-order valence-corrected chi connectivity index (χ3v) is 4.73. The fourth-order valence-electron chi connectivity index (χ4n) is 1.69. The molecular weight excluding hydrogens is 314 g/mol. The second-order valence-corrected chi connectivity index (χ2v) is 6.78. The zero-order valence-corrected chi connectivity index (χ0v) is 13.6. The van der Waals surface area contributed by atoms with Crippen molar-refractivity contribution in [2.45, 2.75) is 31.6 Å². The highest BCUT2D eigenvalue weighted by Crippen LogP contribution is 2.25. The second kappa shape index (κ2) is 7.63. The Labute approximate surface area is 130 Å². The lowest BCUT2D eigenvalue weighted by atomic mass is 10.2. The summed E-state index contributed by atoms with van der Waals surface area (Å²) in [5.74, 6) is -0.188. The van der Waals surface area contributed by atoms with Crippen LogP contribution in [-0.2, 0) is 14.8 Å². The van der Waals surface area contributed by atoms with Gasteiger partial charge in [-0.15, -0.1) is 0 Å². The number of nitrogens with two attached hydrogens (primary N) is 1. The molecule has 0 unspecified atom stereocenters. The Morgan fingerprint density at radius 1 is 1.33 bits per heavy atom. The van der Waals surface area contributed by atoms with Crippen LogP contribution in [0, 0.1) is 6.92 Å². The van der Waals surface area contributed by atoms with Gasteiger partial charge in [-0.05, 0) is 31.0 Å². The van der Waals surface area contributed by atoms with E-state index in [0.717, 1.165) is 6.42 Å². The first-order valence-corrected chi connectivity index (χ1v) is 8.46. The third-order valence-electron chi connectivity index (χ3n) is 2.80. The predicted octanol–water partition coefficient (Wildman–Crippen LogP) is 1.43. The summed E-state index contributed by atoms with van der Waals surface area (Å²) in [7, 11) is -3.72. The molecular formula is C13H20ClN3O3S. The van der Waals surface area contributed by atoms with Crippen molar-refractivity contribution in [3.8, 4) is 0 Å². The number of hydrogen-bond donors (Lipinski definition) is 3. The highest BCUT2D eigenvalue weighted by atomic mass is 35.5. The second-order valence-electron chi connectivity index (χ2n) is 4.64. The monoisotopic (exact) mass is 333 g/mol. The van der Waals surface area contributed by atoms with Crippen LogP contribution in [0.5, 0.6) is 0 Å². The molecule has 0 heterocycles. The van der Waals surface area contributed by atoms with E-state index >= 15 is 0 Å². The fraction of sp³-hybridized carbons (Fsp3) is 0.462. The van der Waals surface area contributed by atoms with Crippen LogP contribution in [0.2, 0.25) is 5.02 Å². The highest BCUT2D eigenvalue weighted by molar-refractivity contribution is 7.89. The third kappa shape index (κ3) is 5.18. The molecule has 0 fully saturated rings. The van der Waals surface area contributed by atoms with Crippen LogP contribution in [0.25, 0.3) is 0 Å². The first-order chi connectivity index (χ1) is 9.77. The largest absolute Gasteiger partial charge is 0.397 e. The molecule has 1 rings (SSSR count). The molecule has 0 aliphatic heterocycles. The predicted molar refractivity (Wildman–Crippen MR) is 83.7 cm³/mol. The normalized spacial score (nSPS) is 11.4. The lowest BCUT2D eigenvalue weighted by Gasteiger charge is -2.11. The van der Waals surface area contributed by atoms with E-state index < -0.39 is 10.0 Å². The molecule has 0 aliphatic carbocycles. The van der Waals surface area contributed by atoms with Gasteiger partial charge in [-0.25, -0.2) is 13.1 Å². The molecule has 1 aromatic rings.